The summed E-state index contributed by atoms with van der Waals surface area (Å²) in [6.07, 6.45) is -4.78. The van der Waals surface area contributed by atoms with Crippen LogP contribution in [0.1, 0.15) is 27.8 Å². The Hall–Kier alpha value is -2.74. The molecule has 2 N–H and O–H groups in total. The number of aryl methyl sites for hydroxylation is 3. The Bertz CT molecular complexity index is 1510. The van der Waals surface area contributed by atoms with Crippen molar-refractivity contribution in [1.29, 1.82) is 0 Å². The van der Waals surface area contributed by atoms with E-state index in [1.54, 1.807) is 18.2 Å². The Balaban J connectivity index is 1.92. The fraction of sp³-hybridized carbons (Fsp3) is 0.192. The molecule has 35 heavy (non-hydrogen) atoms. The van der Waals surface area contributed by atoms with Crippen LogP contribution in [0.5, 0.6) is 0 Å². The minimum Gasteiger partial charge on any atom is -0.394 e. The molecule has 0 spiro atoms. The van der Waals surface area contributed by atoms with Gasteiger partial charge < -0.3 is 10.3 Å². The number of anilines is 1. The fourth-order valence-electron chi connectivity index (χ4n) is 3.92. The van der Waals surface area contributed by atoms with Gasteiger partial charge in [0.25, 0.3) is 5.56 Å². The van der Waals surface area contributed by atoms with E-state index in [9.17, 15) is 18.0 Å². The number of aromatic nitrogens is 1. The molecule has 0 amide bonds. The molecule has 0 radical (unpaired) electrons. The molecule has 4 rings (SSSR count). The first-order valence-corrected chi connectivity index (χ1v) is 12.2. The monoisotopic (exact) mass is 536 g/mol. The highest BCUT2D eigenvalue weighted by Crippen LogP contribution is 2.40. The van der Waals surface area contributed by atoms with Gasteiger partial charge in [-0.15, -0.1) is 11.3 Å². The number of benzene rings is 2. The summed E-state index contributed by atoms with van der Waals surface area (Å²) in [5.74, 6) is 0. The molecule has 0 fully saturated rings. The Morgan fingerprint density at radius 1 is 0.914 bits per heavy atom. The maximum absolute atomic E-state index is 13.7. The predicted octanol–water partition coefficient (Wildman–Crippen LogP) is 8.13. The van der Waals surface area contributed by atoms with Crippen LogP contribution in [0.15, 0.2) is 53.3 Å². The molecule has 2 heterocycles. The molecule has 182 valence electrons. The molecule has 2 aromatic carbocycles. The number of nitrogens with two attached hydrogens (primary N) is 1. The van der Waals surface area contributed by atoms with Crippen LogP contribution in [0.25, 0.3) is 21.0 Å². The van der Waals surface area contributed by atoms with Gasteiger partial charge in [-0.05, 0) is 78.9 Å². The van der Waals surface area contributed by atoms with Crippen molar-refractivity contribution >= 4 is 40.2 Å². The third-order valence-electron chi connectivity index (χ3n) is 5.95. The first-order valence-electron chi connectivity index (χ1n) is 10.6. The van der Waals surface area contributed by atoms with Crippen molar-refractivity contribution in [2.75, 3.05) is 5.73 Å². The normalized spacial score (nSPS) is 11.8. The highest BCUT2D eigenvalue weighted by Gasteiger charge is 2.36. The van der Waals surface area contributed by atoms with Gasteiger partial charge in [-0.2, -0.15) is 13.2 Å². The first kappa shape index (κ1) is 25.4. The van der Waals surface area contributed by atoms with Crippen LogP contribution in [-0.4, -0.2) is 4.57 Å². The molecule has 0 aliphatic carbocycles. The molecule has 0 unspecified atom stereocenters. The number of thiophene rings is 1. The molecular weight excluding hydrogens is 516 g/mol. The lowest BCUT2D eigenvalue weighted by atomic mass is 10.00. The standard InChI is InChI=1S/C26H21Cl2F3N2OS/c1-13-8-15(3)18(9-14(13)2)22-6-7-23(35-22)21-11-19(26(29,30)31)24(32)25(34)33(21)12-16-4-5-17(27)10-20(16)28/h4-11H,12,32H2,1-3H3. The predicted molar refractivity (Wildman–Crippen MR) is 139 cm³/mol. The molecule has 3 nitrogen and oxygen atoms in total. The third kappa shape index (κ3) is 4.99. The van der Waals surface area contributed by atoms with Crippen molar-refractivity contribution in [3.05, 3.63) is 96.7 Å². The van der Waals surface area contributed by atoms with Gasteiger partial charge in [-0.1, -0.05) is 41.4 Å². The number of hydrogen-bond donors (Lipinski definition) is 1. The van der Waals surface area contributed by atoms with Gasteiger partial charge >= 0.3 is 6.18 Å². The molecule has 0 aliphatic heterocycles. The summed E-state index contributed by atoms with van der Waals surface area (Å²) in [7, 11) is 0. The van der Waals surface area contributed by atoms with Gasteiger partial charge in [-0.3, -0.25) is 4.79 Å². The van der Waals surface area contributed by atoms with Crippen molar-refractivity contribution < 1.29 is 13.2 Å². The third-order valence-corrected chi connectivity index (χ3v) is 7.68. The zero-order valence-corrected chi connectivity index (χ0v) is 21.4. The maximum Gasteiger partial charge on any atom is 0.418 e. The zero-order valence-electron chi connectivity index (χ0n) is 19.1. The molecule has 2 aromatic heterocycles. The summed E-state index contributed by atoms with van der Waals surface area (Å²) in [5, 5.41) is 0.705. The highest BCUT2D eigenvalue weighted by molar-refractivity contribution is 7.18. The van der Waals surface area contributed by atoms with Crippen LogP contribution in [0, 0.1) is 20.8 Å². The fourth-order valence-corrected chi connectivity index (χ4v) is 5.51. The van der Waals surface area contributed by atoms with Crippen molar-refractivity contribution in [3.8, 4) is 21.0 Å². The number of hydrogen-bond acceptors (Lipinski definition) is 3. The first-order chi connectivity index (χ1) is 16.4. The van der Waals surface area contributed by atoms with E-state index in [4.69, 9.17) is 28.9 Å². The van der Waals surface area contributed by atoms with E-state index in [0.29, 0.717) is 20.5 Å². The van der Waals surface area contributed by atoms with E-state index in [1.165, 1.54) is 22.0 Å². The average molecular weight is 537 g/mol. The topological polar surface area (TPSA) is 48.0 Å². The summed E-state index contributed by atoms with van der Waals surface area (Å²) in [4.78, 5) is 14.5. The second-order valence-electron chi connectivity index (χ2n) is 8.40. The van der Waals surface area contributed by atoms with E-state index >= 15 is 0 Å². The maximum atomic E-state index is 13.7. The van der Waals surface area contributed by atoms with E-state index < -0.39 is 23.0 Å². The lowest BCUT2D eigenvalue weighted by Crippen LogP contribution is -2.28. The highest BCUT2D eigenvalue weighted by atomic mass is 35.5. The molecule has 0 aliphatic rings. The van der Waals surface area contributed by atoms with Gasteiger partial charge in [0, 0.05) is 14.9 Å². The number of alkyl halides is 3. The van der Waals surface area contributed by atoms with Crippen molar-refractivity contribution in [2.45, 2.75) is 33.5 Å². The summed E-state index contributed by atoms with van der Waals surface area (Å²) in [5.41, 5.74) is 7.69. The SMILES string of the molecule is Cc1cc(C)c(-c2ccc(-c3cc(C(F)(F)F)c(N)c(=O)n3Cc3ccc(Cl)cc3Cl)s2)cc1C. The molecule has 4 aromatic rings. The number of nitrogen functional groups attached to an aromatic ring is 1. The summed E-state index contributed by atoms with van der Waals surface area (Å²) in [6.45, 7) is 5.96. The van der Waals surface area contributed by atoms with Crippen LogP contribution in [0.3, 0.4) is 0 Å². The summed E-state index contributed by atoms with van der Waals surface area (Å²) >= 11 is 13.6. The van der Waals surface area contributed by atoms with Gasteiger partial charge in [0.15, 0.2) is 0 Å². The molecule has 0 bridgehead atoms. The largest absolute Gasteiger partial charge is 0.418 e. The second kappa shape index (κ2) is 9.37. The van der Waals surface area contributed by atoms with Gasteiger partial charge in [0.1, 0.15) is 5.69 Å². The lowest BCUT2D eigenvalue weighted by molar-refractivity contribution is -0.137. The van der Waals surface area contributed by atoms with E-state index in [-0.39, 0.29) is 12.2 Å². The smallest absolute Gasteiger partial charge is 0.394 e. The van der Waals surface area contributed by atoms with Crippen molar-refractivity contribution in [2.24, 2.45) is 0 Å². The van der Waals surface area contributed by atoms with Crippen molar-refractivity contribution in [1.82, 2.24) is 4.57 Å². The molecular formula is C26H21Cl2F3N2OS. The van der Waals surface area contributed by atoms with E-state index in [0.717, 1.165) is 33.2 Å². The summed E-state index contributed by atoms with van der Waals surface area (Å²) < 4.78 is 42.4. The lowest BCUT2D eigenvalue weighted by Gasteiger charge is -2.18. The van der Waals surface area contributed by atoms with E-state index in [1.807, 2.05) is 26.8 Å². The van der Waals surface area contributed by atoms with Gasteiger partial charge in [-0.25, -0.2) is 0 Å². The van der Waals surface area contributed by atoms with Gasteiger partial charge in [0.05, 0.1) is 22.7 Å². The summed E-state index contributed by atoms with van der Waals surface area (Å²) in [6, 6.07) is 13.4. The second-order valence-corrected chi connectivity index (χ2v) is 10.3. The molecule has 9 heteroatoms. The number of halogens is 5. The van der Waals surface area contributed by atoms with Crippen LogP contribution < -0.4 is 11.3 Å². The Morgan fingerprint density at radius 3 is 2.23 bits per heavy atom. The molecule has 0 saturated carbocycles. The number of rotatable bonds is 4. The number of pyridine rings is 1. The minimum absolute atomic E-state index is 0.0671. The van der Waals surface area contributed by atoms with Crippen molar-refractivity contribution in [3.63, 3.8) is 0 Å². The Morgan fingerprint density at radius 2 is 1.57 bits per heavy atom. The molecule has 0 saturated heterocycles. The van der Waals surface area contributed by atoms with E-state index in [2.05, 4.69) is 12.1 Å². The minimum atomic E-state index is -4.78. The van der Waals surface area contributed by atoms with Crippen LogP contribution in [-0.2, 0) is 12.7 Å². The molecule has 0 atom stereocenters. The zero-order chi connectivity index (χ0) is 25.7. The van der Waals surface area contributed by atoms with Crippen LogP contribution in [0.4, 0.5) is 18.9 Å². The average Bonchev–Trinajstić information content (AvgIpc) is 3.24. The van der Waals surface area contributed by atoms with Crippen LogP contribution >= 0.6 is 34.5 Å². The Labute approximate surface area is 214 Å². The quantitative estimate of drug-likeness (QED) is 0.286. The van der Waals surface area contributed by atoms with Crippen LogP contribution in [0.2, 0.25) is 10.0 Å². The van der Waals surface area contributed by atoms with Gasteiger partial charge in [0.2, 0.25) is 0 Å². The Kier molecular flexibility index (Phi) is 6.79. The number of nitrogens with zero attached hydrogens (tertiary/aromatic N) is 1.